The second-order valence-corrected chi connectivity index (χ2v) is 3.60. The van der Waals surface area contributed by atoms with Gasteiger partial charge < -0.3 is 10.5 Å². The Labute approximate surface area is 86.1 Å². The summed E-state index contributed by atoms with van der Waals surface area (Å²) >= 11 is 0. The second-order valence-electron chi connectivity index (χ2n) is 3.60. The van der Waals surface area contributed by atoms with Crippen LogP contribution in [0, 0.1) is 0 Å². The van der Waals surface area contributed by atoms with E-state index in [-0.39, 0.29) is 6.04 Å². The summed E-state index contributed by atoms with van der Waals surface area (Å²) < 4.78 is 5.09. The Bertz CT molecular complexity index is 256. The summed E-state index contributed by atoms with van der Waals surface area (Å²) in [5.41, 5.74) is 7.24. The highest BCUT2D eigenvalue weighted by atomic mass is 16.5. The summed E-state index contributed by atoms with van der Waals surface area (Å²) in [5, 5.41) is 0. The molecule has 0 bridgehead atoms. The second kappa shape index (κ2) is 5.66. The molecule has 0 radical (unpaired) electrons. The largest absolute Gasteiger partial charge is 0.497 e. The van der Waals surface area contributed by atoms with Crippen molar-refractivity contribution >= 4 is 0 Å². The maximum atomic E-state index is 5.96. The van der Waals surface area contributed by atoms with Crippen LogP contribution in [0.3, 0.4) is 0 Å². The molecule has 0 saturated carbocycles. The standard InChI is InChI=1S/C12H19NO/c1-3-4-11(13)9-10-5-7-12(14-2)8-6-10/h5-8,11H,3-4,9,13H2,1-2H3/t11-/m0/s1. The fourth-order valence-electron chi connectivity index (χ4n) is 1.54. The lowest BCUT2D eigenvalue weighted by atomic mass is 10.0. The van der Waals surface area contributed by atoms with Crippen LogP contribution in [0.1, 0.15) is 25.3 Å². The molecule has 0 spiro atoms. The van der Waals surface area contributed by atoms with Crippen LogP contribution < -0.4 is 10.5 Å². The molecule has 2 heteroatoms. The third-order valence-electron chi connectivity index (χ3n) is 2.32. The van der Waals surface area contributed by atoms with Gasteiger partial charge in [0.1, 0.15) is 5.75 Å². The molecule has 1 aromatic carbocycles. The first-order valence-electron chi connectivity index (χ1n) is 5.14. The molecule has 2 N–H and O–H groups in total. The van der Waals surface area contributed by atoms with Crippen molar-refractivity contribution < 1.29 is 4.74 Å². The van der Waals surface area contributed by atoms with Crippen molar-refractivity contribution in [1.29, 1.82) is 0 Å². The van der Waals surface area contributed by atoms with E-state index >= 15 is 0 Å². The molecule has 1 aromatic rings. The molecule has 1 rings (SSSR count). The molecule has 0 heterocycles. The number of ether oxygens (including phenoxy) is 1. The lowest BCUT2D eigenvalue weighted by Gasteiger charge is -2.10. The van der Waals surface area contributed by atoms with Crippen molar-refractivity contribution in [3.63, 3.8) is 0 Å². The van der Waals surface area contributed by atoms with Gasteiger partial charge in [-0.05, 0) is 30.5 Å². The third kappa shape index (κ3) is 3.38. The molecule has 0 saturated heterocycles. The average Bonchev–Trinajstić information content (AvgIpc) is 2.19. The van der Waals surface area contributed by atoms with E-state index in [9.17, 15) is 0 Å². The van der Waals surface area contributed by atoms with Crippen molar-refractivity contribution in [2.45, 2.75) is 32.2 Å². The first-order valence-corrected chi connectivity index (χ1v) is 5.14. The molecule has 2 nitrogen and oxygen atoms in total. The number of hydrogen-bond acceptors (Lipinski definition) is 2. The Morgan fingerprint density at radius 2 is 1.93 bits per heavy atom. The summed E-state index contributed by atoms with van der Waals surface area (Å²) in [6, 6.07) is 8.40. The predicted octanol–water partition coefficient (Wildman–Crippen LogP) is 2.37. The highest BCUT2D eigenvalue weighted by molar-refractivity contribution is 5.27. The predicted molar refractivity (Wildman–Crippen MR) is 59.6 cm³/mol. The summed E-state index contributed by atoms with van der Waals surface area (Å²) in [6.07, 6.45) is 3.20. The lowest BCUT2D eigenvalue weighted by molar-refractivity contribution is 0.414. The van der Waals surface area contributed by atoms with Gasteiger partial charge >= 0.3 is 0 Å². The van der Waals surface area contributed by atoms with Crippen molar-refractivity contribution in [3.05, 3.63) is 29.8 Å². The minimum Gasteiger partial charge on any atom is -0.497 e. The normalized spacial score (nSPS) is 12.5. The SMILES string of the molecule is CCC[C@H](N)Cc1ccc(OC)cc1. The minimum atomic E-state index is 0.286. The van der Waals surface area contributed by atoms with E-state index in [0.717, 1.165) is 25.0 Å². The molecule has 0 aliphatic heterocycles. The highest BCUT2D eigenvalue weighted by Crippen LogP contribution is 2.13. The van der Waals surface area contributed by atoms with Gasteiger partial charge in [0.15, 0.2) is 0 Å². The van der Waals surface area contributed by atoms with Gasteiger partial charge in [0, 0.05) is 6.04 Å². The summed E-state index contributed by atoms with van der Waals surface area (Å²) in [5.74, 6) is 0.901. The van der Waals surface area contributed by atoms with E-state index in [2.05, 4.69) is 19.1 Å². The van der Waals surface area contributed by atoms with E-state index in [1.54, 1.807) is 7.11 Å². The third-order valence-corrected chi connectivity index (χ3v) is 2.32. The number of hydrogen-bond donors (Lipinski definition) is 1. The Morgan fingerprint density at radius 3 is 2.43 bits per heavy atom. The molecule has 0 unspecified atom stereocenters. The number of methoxy groups -OCH3 is 1. The van der Waals surface area contributed by atoms with Crippen LogP contribution >= 0.6 is 0 Å². The zero-order valence-corrected chi connectivity index (χ0v) is 8.99. The molecule has 0 aliphatic carbocycles. The summed E-state index contributed by atoms with van der Waals surface area (Å²) in [4.78, 5) is 0. The number of rotatable bonds is 5. The smallest absolute Gasteiger partial charge is 0.118 e. The van der Waals surface area contributed by atoms with Gasteiger partial charge in [-0.1, -0.05) is 25.5 Å². The Kier molecular flexibility index (Phi) is 4.47. The van der Waals surface area contributed by atoms with Gasteiger partial charge in [0.05, 0.1) is 7.11 Å². The highest BCUT2D eigenvalue weighted by Gasteiger charge is 2.02. The quantitative estimate of drug-likeness (QED) is 0.779. The first kappa shape index (κ1) is 11.1. The molecule has 78 valence electrons. The van der Waals surface area contributed by atoms with Crippen LogP contribution in [0.5, 0.6) is 5.75 Å². The van der Waals surface area contributed by atoms with Gasteiger partial charge in [0.2, 0.25) is 0 Å². The summed E-state index contributed by atoms with van der Waals surface area (Å²) in [7, 11) is 1.68. The molecule has 0 aliphatic rings. The summed E-state index contributed by atoms with van der Waals surface area (Å²) in [6.45, 7) is 2.16. The molecular formula is C12H19NO. The van der Waals surface area contributed by atoms with Crippen LogP contribution in [0.15, 0.2) is 24.3 Å². The van der Waals surface area contributed by atoms with E-state index in [4.69, 9.17) is 10.5 Å². The van der Waals surface area contributed by atoms with E-state index in [1.807, 2.05) is 12.1 Å². The molecular weight excluding hydrogens is 174 g/mol. The van der Waals surface area contributed by atoms with Crippen LogP contribution in [0.4, 0.5) is 0 Å². The van der Waals surface area contributed by atoms with Gasteiger partial charge in [-0.2, -0.15) is 0 Å². The topological polar surface area (TPSA) is 35.2 Å². The van der Waals surface area contributed by atoms with Crippen molar-refractivity contribution in [2.75, 3.05) is 7.11 Å². The van der Waals surface area contributed by atoms with E-state index in [0.29, 0.717) is 0 Å². The molecule has 0 amide bonds. The molecule has 0 aromatic heterocycles. The van der Waals surface area contributed by atoms with Crippen molar-refractivity contribution in [1.82, 2.24) is 0 Å². The monoisotopic (exact) mass is 193 g/mol. The van der Waals surface area contributed by atoms with Gasteiger partial charge in [0.25, 0.3) is 0 Å². The minimum absolute atomic E-state index is 0.286. The first-order chi connectivity index (χ1) is 6.76. The zero-order chi connectivity index (χ0) is 10.4. The Balaban J connectivity index is 2.50. The lowest BCUT2D eigenvalue weighted by Crippen LogP contribution is -2.22. The van der Waals surface area contributed by atoms with E-state index in [1.165, 1.54) is 5.56 Å². The molecule has 0 fully saturated rings. The number of benzene rings is 1. The van der Waals surface area contributed by atoms with Gasteiger partial charge in [-0.25, -0.2) is 0 Å². The number of nitrogens with two attached hydrogens (primary N) is 1. The van der Waals surface area contributed by atoms with Crippen molar-refractivity contribution in [2.24, 2.45) is 5.73 Å². The molecule has 14 heavy (non-hydrogen) atoms. The maximum absolute atomic E-state index is 5.96. The maximum Gasteiger partial charge on any atom is 0.118 e. The fourth-order valence-corrected chi connectivity index (χ4v) is 1.54. The van der Waals surface area contributed by atoms with E-state index < -0.39 is 0 Å². The zero-order valence-electron chi connectivity index (χ0n) is 8.99. The van der Waals surface area contributed by atoms with Gasteiger partial charge in [-0.3, -0.25) is 0 Å². The van der Waals surface area contributed by atoms with Crippen LogP contribution in [-0.2, 0) is 6.42 Å². The fraction of sp³-hybridized carbons (Fsp3) is 0.500. The molecule has 1 atom stereocenters. The Hall–Kier alpha value is -1.02. The van der Waals surface area contributed by atoms with Gasteiger partial charge in [-0.15, -0.1) is 0 Å². The van der Waals surface area contributed by atoms with Crippen molar-refractivity contribution in [3.8, 4) is 5.75 Å². The van der Waals surface area contributed by atoms with Crippen LogP contribution in [-0.4, -0.2) is 13.2 Å². The van der Waals surface area contributed by atoms with Crippen LogP contribution in [0.25, 0.3) is 0 Å². The van der Waals surface area contributed by atoms with Crippen LogP contribution in [0.2, 0.25) is 0 Å². The average molecular weight is 193 g/mol. The Morgan fingerprint density at radius 1 is 1.29 bits per heavy atom.